The Morgan fingerprint density at radius 3 is 1.39 bits per heavy atom. The Labute approximate surface area is 198 Å². The number of hydrogen-bond donors (Lipinski definition) is 4. The molecule has 0 spiro atoms. The minimum atomic E-state index is -1.28. The van der Waals surface area contributed by atoms with E-state index in [1.165, 1.54) is 12.1 Å². The second-order valence-electron chi connectivity index (χ2n) is 6.73. The Balaban J connectivity index is 0.00000171. The SMILES string of the molecule is O=C(O)c1cc2ccccc2c(Cc2c(O)c(C(=O)O)cc3ccccc23)c1O.[Na+].[OH-]. The van der Waals surface area contributed by atoms with Crippen LogP contribution in [0, 0.1) is 0 Å². The number of carboxylic acid groups (broad SMARTS) is 2. The van der Waals surface area contributed by atoms with Gasteiger partial charge in [0.2, 0.25) is 0 Å². The van der Waals surface area contributed by atoms with E-state index in [9.17, 15) is 30.0 Å². The van der Waals surface area contributed by atoms with Gasteiger partial charge in [-0.25, -0.2) is 9.59 Å². The largest absolute Gasteiger partial charge is 1.00 e. The minimum Gasteiger partial charge on any atom is -0.870 e. The minimum absolute atomic E-state index is 0. The molecule has 4 aromatic carbocycles. The normalized spacial score (nSPS) is 10.3. The van der Waals surface area contributed by atoms with Crippen molar-refractivity contribution in [2.24, 2.45) is 0 Å². The van der Waals surface area contributed by atoms with Crippen LogP contribution in [0.15, 0.2) is 60.7 Å². The van der Waals surface area contributed by atoms with E-state index in [1.807, 2.05) is 0 Å². The van der Waals surface area contributed by atoms with Crippen molar-refractivity contribution in [2.75, 3.05) is 0 Å². The average Bonchev–Trinajstić information content (AvgIpc) is 2.70. The van der Waals surface area contributed by atoms with E-state index < -0.39 is 23.4 Å². The molecule has 8 heteroatoms. The molecule has 7 nitrogen and oxygen atoms in total. The summed E-state index contributed by atoms with van der Waals surface area (Å²) in [4.78, 5) is 23.2. The van der Waals surface area contributed by atoms with Crippen LogP contribution in [0.5, 0.6) is 11.5 Å². The van der Waals surface area contributed by atoms with E-state index in [0.717, 1.165) is 0 Å². The van der Waals surface area contributed by atoms with Crippen molar-refractivity contribution in [1.29, 1.82) is 0 Å². The predicted octanol–water partition coefficient (Wildman–Crippen LogP) is 1.22. The monoisotopic (exact) mass is 428 g/mol. The zero-order valence-electron chi connectivity index (χ0n) is 16.5. The summed E-state index contributed by atoms with van der Waals surface area (Å²) >= 11 is 0. The maximum absolute atomic E-state index is 11.6. The summed E-state index contributed by atoms with van der Waals surface area (Å²) in [5.41, 5.74) is 0.112. The number of carbonyl (C=O) groups is 2. The summed E-state index contributed by atoms with van der Waals surface area (Å²) in [5.74, 6) is -3.36. The van der Waals surface area contributed by atoms with E-state index in [4.69, 9.17) is 0 Å². The molecule has 0 aliphatic rings. The average molecular weight is 428 g/mol. The Bertz CT molecular complexity index is 1210. The summed E-state index contributed by atoms with van der Waals surface area (Å²) in [6.07, 6.45) is -0.0407. The van der Waals surface area contributed by atoms with E-state index in [-0.39, 0.29) is 52.6 Å². The van der Waals surface area contributed by atoms with Crippen LogP contribution < -0.4 is 29.6 Å². The number of phenols is 2. The van der Waals surface area contributed by atoms with Crippen molar-refractivity contribution in [3.8, 4) is 11.5 Å². The first kappa shape index (κ1) is 24.2. The molecule has 0 unspecified atom stereocenters. The Morgan fingerprint density at radius 2 is 1.03 bits per heavy atom. The van der Waals surface area contributed by atoms with Gasteiger partial charge in [0, 0.05) is 17.5 Å². The first-order chi connectivity index (χ1) is 13.9. The van der Waals surface area contributed by atoms with Crippen LogP contribution in [0.1, 0.15) is 31.8 Å². The number of hydrogen-bond acceptors (Lipinski definition) is 5. The quantitative estimate of drug-likeness (QED) is 0.358. The number of fused-ring (bicyclic) bond motifs is 2. The Hall–Kier alpha value is -3.10. The van der Waals surface area contributed by atoms with Crippen molar-refractivity contribution in [3.63, 3.8) is 0 Å². The van der Waals surface area contributed by atoms with Crippen molar-refractivity contribution < 1.29 is 65.0 Å². The third-order valence-corrected chi connectivity index (χ3v) is 5.07. The Morgan fingerprint density at radius 1 is 0.677 bits per heavy atom. The molecular formula is C23H17NaO7. The van der Waals surface area contributed by atoms with E-state index >= 15 is 0 Å². The molecular weight excluding hydrogens is 411 g/mol. The smallest absolute Gasteiger partial charge is 0.870 e. The van der Waals surface area contributed by atoms with Crippen molar-refractivity contribution in [2.45, 2.75) is 6.42 Å². The maximum Gasteiger partial charge on any atom is 1.00 e. The molecule has 0 amide bonds. The summed E-state index contributed by atoms with van der Waals surface area (Å²) in [7, 11) is 0. The van der Waals surface area contributed by atoms with E-state index in [2.05, 4.69) is 0 Å². The van der Waals surface area contributed by atoms with Crippen LogP contribution >= 0.6 is 0 Å². The van der Waals surface area contributed by atoms with Gasteiger partial charge in [0.25, 0.3) is 0 Å². The maximum atomic E-state index is 11.6. The van der Waals surface area contributed by atoms with Gasteiger partial charge in [-0.3, -0.25) is 0 Å². The number of benzene rings is 4. The van der Waals surface area contributed by atoms with E-state index in [1.54, 1.807) is 48.5 Å². The molecule has 0 bridgehead atoms. The van der Waals surface area contributed by atoms with Gasteiger partial charge in [-0.1, -0.05) is 48.5 Å². The second-order valence-corrected chi connectivity index (χ2v) is 6.73. The van der Waals surface area contributed by atoms with Crippen LogP contribution in [-0.4, -0.2) is 37.8 Å². The summed E-state index contributed by atoms with van der Waals surface area (Å²) in [5, 5.41) is 42.8. The van der Waals surface area contributed by atoms with Gasteiger partial charge in [-0.15, -0.1) is 0 Å². The van der Waals surface area contributed by atoms with Crippen molar-refractivity contribution in [3.05, 3.63) is 82.9 Å². The standard InChI is InChI=1S/C23H16O6.Na.H2O/c24-20-16(14-7-3-1-5-12(14)9-18(20)22(26)27)11-17-15-8-4-2-6-13(15)10-19(21(17)25)23(28)29;;/h1-10,24-25H,11H2,(H,26,27)(H,28,29);;1H2/q;+1;/p-1. The van der Waals surface area contributed by atoms with Crippen molar-refractivity contribution >= 4 is 33.5 Å². The van der Waals surface area contributed by atoms with Crippen LogP contribution in [-0.2, 0) is 6.42 Å². The molecule has 0 saturated carbocycles. The molecule has 31 heavy (non-hydrogen) atoms. The number of aromatic hydroxyl groups is 2. The van der Waals surface area contributed by atoms with Crippen LogP contribution in [0.4, 0.5) is 0 Å². The zero-order valence-corrected chi connectivity index (χ0v) is 18.5. The van der Waals surface area contributed by atoms with Crippen molar-refractivity contribution in [1.82, 2.24) is 0 Å². The molecule has 0 aliphatic carbocycles. The molecule has 0 radical (unpaired) electrons. The fourth-order valence-corrected chi connectivity index (χ4v) is 3.68. The first-order valence-corrected chi connectivity index (χ1v) is 8.82. The third-order valence-electron chi connectivity index (χ3n) is 5.07. The second kappa shape index (κ2) is 9.36. The summed E-state index contributed by atoms with van der Waals surface area (Å²) in [6, 6.07) is 16.8. The number of carboxylic acids is 2. The third kappa shape index (κ3) is 4.22. The number of rotatable bonds is 4. The molecule has 0 heterocycles. The first-order valence-electron chi connectivity index (χ1n) is 8.82. The van der Waals surface area contributed by atoms with Gasteiger partial charge < -0.3 is 25.9 Å². The van der Waals surface area contributed by atoms with E-state index in [0.29, 0.717) is 32.7 Å². The summed E-state index contributed by atoms with van der Waals surface area (Å²) in [6.45, 7) is 0. The van der Waals surface area contributed by atoms with Gasteiger partial charge in [-0.05, 0) is 33.7 Å². The molecule has 0 aromatic heterocycles. The van der Waals surface area contributed by atoms with Gasteiger partial charge in [-0.2, -0.15) is 0 Å². The summed E-state index contributed by atoms with van der Waals surface area (Å²) < 4.78 is 0. The molecule has 5 N–H and O–H groups in total. The molecule has 0 aliphatic heterocycles. The van der Waals surface area contributed by atoms with Crippen LogP contribution in [0.25, 0.3) is 21.5 Å². The Kier molecular flexibility index (Phi) is 7.30. The molecule has 0 saturated heterocycles. The molecule has 152 valence electrons. The predicted molar refractivity (Wildman–Crippen MR) is 110 cm³/mol. The van der Waals surface area contributed by atoms with Crippen LogP contribution in [0.2, 0.25) is 0 Å². The molecule has 4 rings (SSSR count). The fourth-order valence-electron chi connectivity index (χ4n) is 3.68. The fraction of sp³-hybridized carbons (Fsp3) is 0.0435. The van der Waals surface area contributed by atoms with Gasteiger partial charge in [0.1, 0.15) is 22.6 Å². The topological polar surface area (TPSA) is 145 Å². The molecule has 0 atom stereocenters. The van der Waals surface area contributed by atoms with Gasteiger partial charge >= 0.3 is 41.5 Å². The van der Waals surface area contributed by atoms with Crippen LogP contribution in [0.3, 0.4) is 0 Å². The number of aromatic carboxylic acids is 2. The van der Waals surface area contributed by atoms with Gasteiger partial charge in [0.05, 0.1) is 0 Å². The molecule has 4 aromatic rings. The van der Waals surface area contributed by atoms with Gasteiger partial charge in [0.15, 0.2) is 0 Å². The zero-order chi connectivity index (χ0) is 20.7. The molecule has 0 fully saturated rings.